The molecular weight excluding hydrogens is 174 g/mol. The molecule has 0 bridgehead atoms. The third kappa shape index (κ3) is 2.49. The van der Waals surface area contributed by atoms with E-state index in [1.165, 1.54) is 18.4 Å². The highest BCUT2D eigenvalue weighted by Crippen LogP contribution is 2.23. The Morgan fingerprint density at radius 2 is 2.00 bits per heavy atom. The van der Waals surface area contributed by atoms with Crippen LogP contribution in [0.5, 0.6) is 0 Å². The first-order valence-corrected chi connectivity index (χ1v) is 4.91. The van der Waals surface area contributed by atoms with Crippen molar-refractivity contribution >= 4 is 11.6 Å². The molecule has 0 aliphatic heterocycles. The Bertz CT molecular complexity index is 336. The molecule has 3 N–H and O–H groups in total. The second-order valence-electron chi connectivity index (χ2n) is 3.74. The second-order valence-corrected chi connectivity index (χ2v) is 3.74. The van der Waals surface area contributed by atoms with E-state index in [1.54, 1.807) is 0 Å². The fraction of sp³-hybridized carbons (Fsp3) is 0.364. The number of anilines is 1. The summed E-state index contributed by atoms with van der Waals surface area (Å²) in [6.07, 6.45) is 2.35. The molecule has 3 nitrogen and oxygen atoms in total. The fourth-order valence-corrected chi connectivity index (χ4v) is 1.22. The Hall–Kier alpha value is -1.51. The number of aliphatic imine (C=N–C) groups is 1. The molecule has 0 unspecified atom stereocenters. The average Bonchev–Trinajstić information content (AvgIpc) is 2.93. The topological polar surface area (TPSA) is 50.4 Å². The van der Waals surface area contributed by atoms with Gasteiger partial charge < -0.3 is 11.1 Å². The number of nitrogens with zero attached hydrogens (tertiary/aromatic N) is 1. The van der Waals surface area contributed by atoms with Gasteiger partial charge in [-0.05, 0) is 31.9 Å². The van der Waals surface area contributed by atoms with Crippen molar-refractivity contribution in [2.75, 3.05) is 5.32 Å². The lowest BCUT2D eigenvalue weighted by Crippen LogP contribution is -2.22. The van der Waals surface area contributed by atoms with Gasteiger partial charge in [-0.25, -0.2) is 4.99 Å². The zero-order chi connectivity index (χ0) is 9.97. The minimum atomic E-state index is 0.466. The Morgan fingerprint density at radius 3 is 2.57 bits per heavy atom. The first kappa shape index (κ1) is 9.06. The van der Waals surface area contributed by atoms with Crippen molar-refractivity contribution in [1.82, 2.24) is 0 Å². The maximum atomic E-state index is 5.72. The molecule has 14 heavy (non-hydrogen) atoms. The molecule has 0 radical (unpaired) electrons. The highest BCUT2D eigenvalue weighted by molar-refractivity contribution is 5.92. The molecule has 0 spiro atoms. The van der Waals surface area contributed by atoms with Gasteiger partial charge in [0, 0.05) is 5.69 Å². The van der Waals surface area contributed by atoms with E-state index in [0.717, 1.165) is 5.69 Å². The Labute approximate surface area is 84.0 Å². The predicted molar refractivity (Wildman–Crippen MR) is 59.4 cm³/mol. The van der Waals surface area contributed by atoms with Crippen LogP contribution >= 0.6 is 0 Å². The van der Waals surface area contributed by atoms with Crippen LogP contribution in [-0.4, -0.2) is 12.0 Å². The maximum Gasteiger partial charge on any atom is 0.193 e. The van der Waals surface area contributed by atoms with Crippen LogP contribution in [0.3, 0.4) is 0 Å². The minimum absolute atomic E-state index is 0.466. The lowest BCUT2D eigenvalue weighted by molar-refractivity contribution is 1.06. The summed E-state index contributed by atoms with van der Waals surface area (Å²) < 4.78 is 0. The van der Waals surface area contributed by atoms with E-state index >= 15 is 0 Å². The van der Waals surface area contributed by atoms with E-state index in [4.69, 9.17) is 5.73 Å². The Morgan fingerprint density at radius 1 is 1.36 bits per heavy atom. The van der Waals surface area contributed by atoms with Gasteiger partial charge >= 0.3 is 0 Å². The van der Waals surface area contributed by atoms with Crippen molar-refractivity contribution in [3.63, 3.8) is 0 Å². The van der Waals surface area contributed by atoms with Gasteiger partial charge in [0.2, 0.25) is 0 Å². The molecule has 2 rings (SSSR count). The molecule has 0 heterocycles. The van der Waals surface area contributed by atoms with Crippen LogP contribution in [-0.2, 0) is 0 Å². The number of rotatable bonds is 2. The minimum Gasteiger partial charge on any atom is -0.370 e. The predicted octanol–water partition coefficient (Wildman–Crippen LogP) is 1.88. The van der Waals surface area contributed by atoms with Gasteiger partial charge in [0.15, 0.2) is 5.96 Å². The monoisotopic (exact) mass is 189 g/mol. The molecule has 1 aromatic carbocycles. The largest absolute Gasteiger partial charge is 0.370 e. The van der Waals surface area contributed by atoms with Crippen molar-refractivity contribution in [3.8, 4) is 0 Å². The molecule has 0 atom stereocenters. The maximum absolute atomic E-state index is 5.72. The van der Waals surface area contributed by atoms with Crippen LogP contribution in [0.25, 0.3) is 0 Å². The van der Waals surface area contributed by atoms with E-state index in [9.17, 15) is 0 Å². The number of hydrogen-bond donors (Lipinski definition) is 2. The molecule has 1 saturated carbocycles. The van der Waals surface area contributed by atoms with E-state index in [-0.39, 0.29) is 0 Å². The number of guanidine groups is 1. The SMILES string of the molecule is Cc1ccc(NC(N)=NC2CC2)cc1. The van der Waals surface area contributed by atoms with Crippen molar-refractivity contribution in [3.05, 3.63) is 29.8 Å². The summed E-state index contributed by atoms with van der Waals surface area (Å²) in [6, 6.07) is 8.57. The highest BCUT2D eigenvalue weighted by atomic mass is 15.1. The quantitative estimate of drug-likeness (QED) is 0.551. The summed E-state index contributed by atoms with van der Waals surface area (Å²) in [5.74, 6) is 0.524. The van der Waals surface area contributed by atoms with Crippen molar-refractivity contribution in [1.29, 1.82) is 0 Å². The van der Waals surface area contributed by atoms with Crippen molar-refractivity contribution in [2.24, 2.45) is 10.7 Å². The number of benzene rings is 1. The molecule has 1 fully saturated rings. The lowest BCUT2D eigenvalue weighted by Gasteiger charge is -2.05. The Balaban J connectivity index is 1.99. The number of nitrogens with two attached hydrogens (primary N) is 1. The summed E-state index contributed by atoms with van der Waals surface area (Å²) >= 11 is 0. The third-order valence-electron chi connectivity index (χ3n) is 2.19. The third-order valence-corrected chi connectivity index (χ3v) is 2.19. The zero-order valence-corrected chi connectivity index (χ0v) is 8.33. The molecular formula is C11H15N3. The normalized spacial score (nSPS) is 16.8. The molecule has 1 aliphatic rings. The van der Waals surface area contributed by atoms with Crippen molar-refractivity contribution < 1.29 is 0 Å². The average molecular weight is 189 g/mol. The van der Waals surface area contributed by atoms with Gasteiger partial charge in [-0.15, -0.1) is 0 Å². The summed E-state index contributed by atoms with van der Waals surface area (Å²) in [6.45, 7) is 2.06. The zero-order valence-electron chi connectivity index (χ0n) is 8.33. The summed E-state index contributed by atoms with van der Waals surface area (Å²) in [5, 5.41) is 3.07. The molecule has 0 aromatic heterocycles. The van der Waals surface area contributed by atoms with Gasteiger partial charge in [-0.1, -0.05) is 17.7 Å². The van der Waals surface area contributed by atoms with Crippen LogP contribution < -0.4 is 11.1 Å². The summed E-state index contributed by atoms with van der Waals surface area (Å²) in [5.41, 5.74) is 7.97. The second kappa shape index (κ2) is 3.70. The van der Waals surface area contributed by atoms with Crippen LogP contribution in [0.4, 0.5) is 5.69 Å². The smallest absolute Gasteiger partial charge is 0.193 e. The molecule has 1 aromatic rings. The van der Waals surface area contributed by atoms with Crippen LogP contribution in [0.2, 0.25) is 0 Å². The van der Waals surface area contributed by atoms with Crippen molar-refractivity contribution in [2.45, 2.75) is 25.8 Å². The van der Waals surface area contributed by atoms with E-state index in [1.807, 2.05) is 24.3 Å². The number of nitrogens with one attached hydrogen (secondary N) is 1. The lowest BCUT2D eigenvalue weighted by atomic mass is 10.2. The summed E-state index contributed by atoms with van der Waals surface area (Å²) in [7, 11) is 0. The van der Waals surface area contributed by atoms with E-state index < -0.39 is 0 Å². The Kier molecular flexibility index (Phi) is 2.39. The molecule has 74 valence electrons. The van der Waals surface area contributed by atoms with Gasteiger partial charge in [-0.3, -0.25) is 0 Å². The molecule has 0 amide bonds. The molecule has 0 saturated heterocycles. The van der Waals surface area contributed by atoms with Crippen LogP contribution in [0.15, 0.2) is 29.3 Å². The van der Waals surface area contributed by atoms with E-state index in [0.29, 0.717) is 12.0 Å². The summed E-state index contributed by atoms with van der Waals surface area (Å²) in [4.78, 5) is 4.29. The van der Waals surface area contributed by atoms with Crippen LogP contribution in [0, 0.1) is 6.92 Å². The fourth-order valence-electron chi connectivity index (χ4n) is 1.22. The number of aryl methyl sites for hydroxylation is 1. The van der Waals surface area contributed by atoms with Gasteiger partial charge in [-0.2, -0.15) is 0 Å². The number of hydrogen-bond acceptors (Lipinski definition) is 1. The van der Waals surface area contributed by atoms with Gasteiger partial charge in [0.25, 0.3) is 0 Å². The molecule has 3 heteroatoms. The highest BCUT2D eigenvalue weighted by Gasteiger charge is 2.20. The van der Waals surface area contributed by atoms with E-state index in [2.05, 4.69) is 17.2 Å². The first-order chi connectivity index (χ1) is 6.74. The molecule has 1 aliphatic carbocycles. The standard InChI is InChI=1S/C11H15N3/c1-8-2-4-9(5-3-8)13-11(12)14-10-6-7-10/h2-5,10H,6-7H2,1H3,(H3,12,13,14). The van der Waals surface area contributed by atoms with Gasteiger partial charge in [0.1, 0.15) is 0 Å². The van der Waals surface area contributed by atoms with Crippen LogP contribution in [0.1, 0.15) is 18.4 Å². The first-order valence-electron chi connectivity index (χ1n) is 4.91. The van der Waals surface area contributed by atoms with Gasteiger partial charge in [0.05, 0.1) is 6.04 Å².